The summed E-state index contributed by atoms with van der Waals surface area (Å²) < 4.78 is 1.30. The Bertz CT molecular complexity index is 746. The number of carbonyl (C=O) groups is 2. The Morgan fingerprint density at radius 3 is 2.90 bits per heavy atom. The van der Waals surface area contributed by atoms with Gasteiger partial charge < -0.3 is 10.0 Å². The van der Waals surface area contributed by atoms with Crippen molar-refractivity contribution < 1.29 is 14.7 Å². The van der Waals surface area contributed by atoms with Gasteiger partial charge in [0, 0.05) is 23.8 Å². The maximum Gasteiger partial charge on any atom is 0.323 e. The van der Waals surface area contributed by atoms with Crippen LogP contribution in [0.4, 0.5) is 0 Å². The lowest BCUT2D eigenvalue weighted by Crippen LogP contribution is -2.40. The summed E-state index contributed by atoms with van der Waals surface area (Å²) in [5.41, 5.74) is -0.550. The number of carbonyl (C=O) groups excluding carboxylic acids is 1. The molecule has 1 aliphatic rings. The monoisotopic (exact) mass is 293 g/mol. The lowest BCUT2D eigenvalue weighted by atomic mass is 10.2. The number of carboxylic acids is 1. The van der Waals surface area contributed by atoms with E-state index in [1.807, 2.05) is 0 Å². The quantitative estimate of drug-likeness (QED) is 0.883. The molecule has 1 N–H and O–H groups in total. The minimum absolute atomic E-state index is 0.0822. The van der Waals surface area contributed by atoms with Gasteiger partial charge in [0.2, 0.25) is 0 Å². The second-order valence-electron chi connectivity index (χ2n) is 4.59. The van der Waals surface area contributed by atoms with Gasteiger partial charge in [0.05, 0.1) is 0 Å². The molecule has 0 aromatic carbocycles. The number of hydrogen-bond acceptors (Lipinski definition) is 5. The van der Waals surface area contributed by atoms with E-state index < -0.39 is 24.0 Å². The summed E-state index contributed by atoms with van der Waals surface area (Å²) in [7, 11) is 0. The van der Waals surface area contributed by atoms with Crippen molar-refractivity contribution in [3.05, 3.63) is 33.7 Å². The van der Waals surface area contributed by atoms with E-state index in [1.165, 1.54) is 26.8 Å². The average molecular weight is 293 g/mol. The second-order valence-corrected chi connectivity index (χ2v) is 5.46. The molecule has 1 fully saturated rings. The summed E-state index contributed by atoms with van der Waals surface area (Å²) in [5, 5.41) is 10.6. The summed E-state index contributed by atoms with van der Waals surface area (Å²) in [4.78, 5) is 41.2. The third kappa shape index (κ3) is 2.18. The molecule has 3 rings (SSSR count). The number of amides is 1. The molecule has 0 spiro atoms. The van der Waals surface area contributed by atoms with Crippen molar-refractivity contribution in [3.8, 4) is 0 Å². The molecule has 0 bridgehead atoms. The van der Waals surface area contributed by atoms with Crippen LogP contribution in [0.1, 0.15) is 23.2 Å². The molecule has 2 aromatic heterocycles. The minimum Gasteiger partial charge on any atom is -0.480 e. The summed E-state index contributed by atoms with van der Waals surface area (Å²) in [6.45, 7) is -0.394. The molecule has 2 aromatic rings. The highest BCUT2D eigenvalue weighted by Gasteiger charge is 2.35. The first-order valence-corrected chi connectivity index (χ1v) is 6.93. The van der Waals surface area contributed by atoms with Crippen LogP contribution in [0.2, 0.25) is 0 Å². The highest BCUT2D eigenvalue weighted by atomic mass is 32.1. The number of nitrogens with zero attached hydrogens (tertiary/aromatic N) is 3. The zero-order valence-electron chi connectivity index (χ0n) is 10.4. The molecular formula is C12H11N3O4S. The van der Waals surface area contributed by atoms with E-state index in [1.54, 1.807) is 11.6 Å². The zero-order chi connectivity index (χ0) is 14.3. The van der Waals surface area contributed by atoms with Gasteiger partial charge >= 0.3 is 5.97 Å². The van der Waals surface area contributed by atoms with E-state index in [0.29, 0.717) is 4.96 Å². The van der Waals surface area contributed by atoms with Gasteiger partial charge in [-0.15, -0.1) is 11.3 Å². The van der Waals surface area contributed by atoms with Gasteiger partial charge in [0.15, 0.2) is 4.96 Å². The fraction of sp³-hybridized carbons (Fsp3) is 0.333. The van der Waals surface area contributed by atoms with Gasteiger partial charge in [-0.1, -0.05) is 0 Å². The second kappa shape index (κ2) is 4.71. The van der Waals surface area contributed by atoms with E-state index >= 15 is 0 Å². The minimum atomic E-state index is -1.09. The Balaban J connectivity index is 2.00. The van der Waals surface area contributed by atoms with Crippen molar-refractivity contribution in [1.29, 1.82) is 0 Å². The molecule has 1 amide bonds. The predicted molar refractivity (Wildman–Crippen MR) is 71.0 cm³/mol. The maximum atomic E-state index is 12.4. The van der Waals surface area contributed by atoms with Crippen LogP contribution in [0.5, 0.6) is 0 Å². The molecule has 20 heavy (non-hydrogen) atoms. The lowest BCUT2D eigenvalue weighted by molar-refractivity contribution is -0.137. The average Bonchev–Trinajstić information content (AvgIpc) is 3.13. The summed E-state index contributed by atoms with van der Waals surface area (Å²) in [5.74, 6) is -1.65. The first-order chi connectivity index (χ1) is 9.58. The van der Waals surface area contributed by atoms with Crippen LogP contribution < -0.4 is 5.56 Å². The van der Waals surface area contributed by atoms with Gasteiger partial charge in [-0.05, 0) is 12.8 Å². The molecular weight excluding hydrogens is 282 g/mol. The number of aliphatic carboxylic acids is 1. The third-order valence-electron chi connectivity index (χ3n) is 3.13. The Labute approximate surface area is 117 Å². The van der Waals surface area contributed by atoms with Crippen molar-refractivity contribution in [2.75, 3.05) is 6.54 Å². The lowest BCUT2D eigenvalue weighted by Gasteiger charge is -2.19. The van der Waals surface area contributed by atoms with Gasteiger partial charge in [-0.25, -0.2) is 4.98 Å². The highest BCUT2D eigenvalue weighted by Crippen LogP contribution is 2.27. The molecule has 1 saturated carbocycles. The Kier molecular flexibility index (Phi) is 3.01. The molecule has 0 aliphatic heterocycles. The van der Waals surface area contributed by atoms with Crippen molar-refractivity contribution >= 4 is 28.2 Å². The fourth-order valence-electron chi connectivity index (χ4n) is 2.02. The zero-order valence-corrected chi connectivity index (χ0v) is 11.2. The topological polar surface area (TPSA) is 92.0 Å². The van der Waals surface area contributed by atoms with E-state index in [4.69, 9.17) is 5.11 Å². The van der Waals surface area contributed by atoms with Crippen LogP contribution in [0, 0.1) is 0 Å². The van der Waals surface area contributed by atoms with Gasteiger partial charge in [-0.2, -0.15) is 0 Å². The van der Waals surface area contributed by atoms with Gasteiger partial charge in [-0.3, -0.25) is 18.8 Å². The fourth-order valence-corrected chi connectivity index (χ4v) is 2.70. The first-order valence-electron chi connectivity index (χ1n) is 6.05. The van der Waals surface area contributed by atoms with Crippen molar-refractivity contribution in [2.45, 2.75) is 18.9 Å². The normalized spacial score (nSPS) is 14.4. The maximum absolute atomic E-state index is 12.4. The van der Waals surface area contributed by atoms with Crippen LogP contribution in [-0.4, -0.2) is 43.9 Å². The molecule has 2 heterocycles. The predicted octanol–water partition coefficient (Wildman–Crippen LogP) is 0.445. The SMILES string of the molecule is O=C(O)CN(C(=O)c1cnc2sccn2c1=O)C1CC1. The molecule has 7 nitrogen and oxygen atoms in total. The number of hydrogen-bond donors (Lipinski definition) is 1. The third-order valence-corrected chi connectivity index (χ3v) is 3.90. The van der Waals surface area contributed by atoms with Crippen LogP contribution in [0.3, 0.4) is 0 Å². The number of rotatable bonds is 4. The Morgan fingerprint density at radius 1 is 1.50 bits per heavy atom. The summed E-state index contributed by atoms with van der Waals surface area (Å²) in [6.07, 6.45) is 4.32. The molecule has 8 heteroatoms. The largest absolute Gasteiger partial charge is 0.480 e. The first kappa shape index (κ1) is 12.8. The molecule has 0 atom stereocenters. The summed E-state index contributed by atoms with van der Waals surface area (Å²) in [6, 6.07) is -0.0822. The Hall–Kier alpha value is -2.22. The van der Waals surface area contributed by atoms with Crippen LogP contribution in [-0.2, 0) is 4.79 Å². The number of fused-ring (bicyclic) bond motifs is 1. The molecule has 1 aliphatic carbocycles. The van der Waals surface area contributed by atoms with Crippen LogP contribution in [0.15, 0.2) is 22.6 Å². The van der Waals surface area contributed by atoms with Crippen molar-refractivity contribution in [3.63, 3.8) is 0 Å². The van der Waals surface area contributed by atoms with Gasteiger partial charge in [0.1, 0.15) is 12.1 Å². The molecule has 0 radical (unpaired) electrons. The number of thiazole rings is 1. The smallest absolute Gasteiger partial charge is 0.323 e. The van der Waals surface area contributed by atoms with Crippen molar-refractivity contribution in [1.82, 2.24) is 14.3 Å². The van der Waals surface area contributed by atoms with Crippen LogP contribution in [0.25, 0.3) is 4.96 Å². The van der Waals surface area contributed by atoms with E-state index in [-0.39, 0.29) is 11.6 Å². The van der Waals surface area contributed by atoms with E-state index in [9.17, 15) is 14.4 Å². The molecule has 0 unspecified atom stereocenters. The Morgan fingerprint density at radius 2 is 2.25 bits per heavy atom. The van der Waals surface area contributed by atoms with E-state index in [2.05, 4.69) is 4.98 Å². The number of carboxylic acid groups (broad SMARTS) is 1. The standard InChI is InChI=1S/C12H11N3O4S/c16-9(17)6-15(7-1-2-7)11(19)8-5-13-12-14(10(8)18)3-4-20-12/h3-5,7H,1-2,6H2,(H,16,17). The van der Waals surface area contributed by atoms with E-state index in [0.717, 1.165) is 12.8 Å². The summed E-state index contributed by atoms with van der Waals surface area (Å²) >= 11 is 1.29. The molecule has 0 saturated heterocycles. The number of aromatic nitrogens is 2. The van der Waals surface area contributed by atoms with Crippen LogP contribution >= 0.6 is 11.3 Å². The van der Waals surface area contributed by atoms with Crippen molar-refractivity contribution in [2.24, 2.45) is 0 Å². The van der Waals surface area contributed by atoms with Gasteiger partial charge in [0.25, 0.3) is 11.5 Å². The molecule has 104 valence electrons. The highest BCUT2D eigenvalue weighted by molar-refractivity contribution is 7.15.